The highest BCUT2D eigenvalue weighted by molar-refractivity contribution is 5.71. The molecule has 1 aromatic carbocycles. The monoisotopic (exact) mass is 249 g/mol. The maximum atomic E-state index is 10.1. The summed E-state index contributed by atoms with van der Waals surface area (Å²) in [6.45, 7) is 1.01. The number of ether oxygens (including phenoxy) is 2. The molecular weight excluding hydrogens is 238 g/mol. The van der Waals surface area contributed by atoms with Gasteiger partial charge in [-0.15, -0.1) is 0 Å². The fourth-order valence-corrected chi connectivity index (χ4v) is 1.73. The molecule has 1 aromatic heterocycles. The van der Waals surface area contributed by atoms with Crippen LogP contribution in [0.5, 0.6) is 17.2 Å². The van der Waals surface area contributed by atoms with Crippen LogP contribution in [0.1, 0.15) is 5.89 Å². The van der Waals surface area contributed by atoms with Gasteiger partial charge < -0.3 is 24.8 Å². The summed E-state index contributed by atoms with van der Waals surface area (Å²) in [6, 6.07) is 3.34. The van der Waals surface area contributed by atoms with Crippen molar-refractivity contribution in [1.82, 2.24) is 10.1 Å². The Kier molecular flexibility index (Phi) is 2.52. The van der Waals surface area contributed by atoms with E-state index in [1.807, 2.05) is 0 Å². The first-order valence-electron chi connectivity index (χ1n) is 5.44. The zero-order valence-corrected chi connectivity index (χ0v) is 9.42. The molecule has 94 valence electrons. The second-order valence-electron chi connectivity index (χ2n) is 3.70. The largest absolute Gasteiger partial charge is 0.504 e. The predicted octanol–water partition coefficient (Wildman–Crippen LogP) is 0.672. The van der Waals surface area contributed by atoms with E-state index in [1.54, 1.807) is 12.1 Å². The van der Waals surface area contributed by atoms with Crippen molar-refractivity contribution in [2.24, 2.45) is 5.73 Å². The first kappa shape index (κ1) is 10.8. The topological polar surface area (TPSA) is 104 Å². The van der Waals surface area contributed by atoms with E-state index in [0.717, 1.165) is 0 Å². The molecule has 2 aromatic rings. The molecule has 3 N–H and O–H groups in total. The average Bonchev–Trinajstić information content (AvgIpc) is 2.88. The van der Waals surface area contributed by atoms with Crippen LogP contribution in [0.15, 0.2) is 16.7 Å². The van der Waals surface area contributed by atoms with Gasteiger partial charge in [0.15, 0.2) is 11.5 Å². The number of nitrogens with zero attached hydrogens (tertiary/aromatic N) is 2. The molecular formula is C11H11N3O4. The molecule has 1 aliphatic rings. The lowest BCUT2D eigenvalue weighted by Crippen LogP contribution is -2.15. The normalized spacial score (nSPS) is 13.6. The lowest BCUT2D eigenvalue weighted by atomic mass is 10.1. The summed E-state index contributed by atoms with van der Waals surface area (Å²) in [5.74, 6) is 1.32. The van der Waals surface area contributed by atoms with Crippen molar-refractivity contribution in [2.75, 3.05) is 13.2 Å². The number of aromatic nitrogens is 2. The van der Waals surface area contributed by atoms with E-state index in [9.17, 15) is 5.11 Å². The van der Waals surface area contributed by atoms with Crippen molar-refractivity contribution in [3.05, 3.63) is 18.0 Å². The van der Waals surface area contributed by atoms with Crippen molar-refractivity contribution < 1.29 is 19.1 Å². The zero-order chi connectivity index (χ0) is 12.5. The second kappa shape index (κ2) is 4.19. The third kappa shape index (κ3) is 1.65. The Hall–Kier alpha value is -2.28. The molecule has 0 saturated heterocycles. The summed E-state index contributed by atoms with van der Waals surface area (Å²) in [5, 5.41) is 13.9. The van der Waals surface area contributed by atoms with Gasteiger partial charge in [0.25, 0.3) is 0 Å². The molecule has 0 unspecified atom stereocenters. The molecule has 2 heterocycles. The lowest BCUT2D eigenvalue weighted by Gasteiger charge is -2.19. The molecule has 7 nitrogen and oxygen atoms in total. The van der Waals surface area contributed by atoms with Gasteiger partial charge in [-0.2, -0.15) is 4.98 Å². The van der Waals surface area contributed by atoms with Gasteiger partial charge in [0.1, 0.15) is 13.2 Å². The smallest absolute Gasteiger partial charge is 0.240 e. The maximum Gasteiger partial charge on any atom is 0.240 e. The molecule has 0 bridgehead atoms. The summed E-state index contributed by atoms with van der Waals surface area (Å²) < 4.78 is 15.6. The Balaban J connectivity index is 2.07. The maximum absolute atomic E-state index is 10.1. The first-order chi connectivity index (χ1) is 8.79. The van der Waals surface area contributed by atoms with Gasteiger partial charge in [0.05, 0.1) is 12.1 Å². The van der Waals surface area contributed by atoms with Crippen LogP contribution in [0.3, 0.4) is 0 Å². The summed E-state index contributed by atoms with van der Waals surface area (Å²) in [6.07, 6.45) is 0. The molecule has 0 saturated carbocycles. The van der Waals surface area contributed by atoms with Crippen LogP contribution in [-0.2, 0) is 6.54 Å². The van der Waals surface area contributed by atoms with Crippen LogP contribution in [0.2, 0.25) is 0 Å². The number of hydrogen-bond acceptors (Lipinski definition) is 7. The number of benzene rings is 1. The molecule has 0 atom stereocenters. The Labute approximate surface area is 102 Å². The van der Waals surface area contributed by atoms with Crippen molar-refractivity contribution in [3.8, 4) is 28.6 Å². The third-order valence-electron chi connectivity index (χ3n) is 2.57. The third-order valence-corrected chi connectivity index (χ3v) is 2.57. The Morgan fingerprint density at radius 3 is 2.89 bits per heavy atom. The molecule has 3 rings (SSSR count). The molecule has 18 heavy (non-hydrogen) atoms. The summed E-state index contributed by atoms with van der Waals surface area (Å²) in [4.78, 5) is 4.05. The van der Waals surface area contributed by atoms with Crippen LogP contribution in [0, 0.1) is 0 Å². The fraction of sp³-hybridized carbons (Fsp3) is 0.273. The minimum atomic E-state index is -0.0587. The van der Waals surface area contributed by atoms with E-state index >= 15 is 0 Å². The summed E-state index contributed by atoms with van der Waals surface area (Å²) in [7, 11) is 0. The van der Waals surface area contributed by atoms with Crippen LogP contribution in [0.4, 0.5) is 0 Å². The number of nitrogens with two attached hydrogens (primary N) is 1. The van der Waals surface area contributed by atoms with Gasteiger partial charge >= 0.3 is 0 Å². The highest BCUT2D eigenvalue weighted by Gasteiger charge is 2.22. The zero-order valence-electron chi connectivity index (χ0n) is 9.42. The number of hydrogen-bond donors (Lipinski definition) is 2. The molecule has 0 radical (unpaired) electrons. The van der Waals surface area contributed by atoms with Crippen molar-refractivity contribution >= 4 is 0 Å². The molecule has 7 heteroatoms. The first-order valence-corrected chi connectivity index (χ1v) is 5.44. The fourth-order valence-electron chi connectivity index (χ4n) is 1.73. The van der Waals surface area contributed by atoms with Gasteiger partial charge in [-0.05, 0) is 12.1 Å². The van der Waals surface area contributed by atoms with Crippen molar-refractivity contribution in [2.45, 2.75) is 6.54 Å². The molecule has 0 spiro atoms. The van der Waals surface area contributed by atoms with Gasteiger partial charge in [0.2, 0.25) is 17.5 Å². The van der Waals surface area contributed by atoms with Gasteiger partial charge in [-0.1, -0.05) is 5.16 Å². The van der Waals surface area contributed by atoms with E-state index in [2.05, 4.69) is 10.1 Å². The molecule has 0 fully saturated rings. The predicted molar refractivity (Wildman–Crippen MR) is 60.3 cm³/mol. The van der Waals surface area contributed by atoms with Gasteiger partial charge in [-0.25, -0.2) is 0 Å². The molecule has 1 aliphatic heterocycles. The number of fused-ring (bicyclic) bond motifs is 1. The van der Waals surface area contributed by atoms with E-state index in [4.69, 9.17) is 19.7 Å². The minimum absolute atomic E-state index is 0.0587. The number of aromatic hydroxyl groups is 1. The number of phenolic OH excluding ortho intramolecular Hbond substituents is 1. The van der Waals surface area contributed by atoms with Crippen LogP contribution in [-0.4, -0.2) is 28.5 Å². The Morgan fingerprint density at radius 2 is 2.11 bits per heavy atom. The van der Waals surface area contributed by atoms with Gasteiger partial charge in [0, 0.05) is 0 Å². The highest BCUT2D eigenvalue weighted by Crippen LogP contribution is 2.44. The number of rotatable bonds is 2. The van der Waals surface area contributed by atoms with Crippen molar-refractivity contribution in [1.29, 1.82) is 0 Å². The van der Waals surface area contributed by atoms with Crippen LogP contribution >= 0.6 is 0 Å². The Bertz CT molecular complexity index is 582. The standard InChI is InChI=1S/C11H11N3O4/c12-5-8-13-11(14-18-8)6-1-2-7-10(9(6)15)17-4-3-16-7/h1-2,15H,3-5,12H2. The molecule has 0 aliphatic carbocycles. The molecule has 0 amide bonds. The van der Waals surface area contributed by atoms with Crippen LogP contribution < -0.4 is 15.2 Å². The SMILES string of the molecule is NCc1nc(-c2ccc3c(c2O)OCCO3)no1. The quantitative estimate of drug-likeness (QED) is 0.806. The summed E-state index contributed by atoms with van der Waals surface area (Å²) in [5.41, 5.74) is 5.81. The highest BCUT2D eigenvalue weighted by atomic mass is 16.6. The van der Waals surface area contributed by atoms with Crippen LogP contribution in [0.25, 0.3) is 11.4 Å². The lowest BCUT2D eigenvalue weighted by molar-refractivity contribution is 0.166. The van der Waals surface area contributed by atoms with E-state index in [-0.39, 0.29) is 18.1 Å². The van der Waals surface area contributed by atoms with E-state index < -0.39 is 0 Å². The average molecular weight is 249 g/mol. The van der Waals surface area contributed by atoms with Crippen molar-refractivity contribution in [3.63, 3.8) is 0 Å². The minimum Gasteiger partial charge on any atom is -0.504 e. The van der Waals surface area contributed by atoms with E-state index in [1.165, 1.54) is 0 Å². The van der Waals surface area contributed by atoms with E-state index in [0.29, 0.717) is 36.2 Å². The van der Waals surface area contributed by atoms with Gasteiger partial charge in [-0.3, -0.25) is 0 Å². The Morgan fingerprint density at radius 1 is 1.28 bits per heavy atom. The summed E-state index contributed by atoms with van der Waals surface area (Å²) >= 11 is 0. The number of phenols is 1. The second-order valence-corrected chi connectivity index (χ2v) is 3.70.